The fourth-order valence-corrected chi connectivity index (χ4v) is 2.58. The topological polar surface area (TPSA) is 31.4 Å². The van der Waals surface area contributed by atoms with Crippen molar-refractivity contribution in [3.05, 3.63) is 23.4 Å². The Labute approximate surface area is 116 Å². The van der Waals surface area contributed by atoms with Crippen LogP contribution in [-0.2, 0) is 6.54 Å². The van der Waals surface area contributed by atoms with Crippen LogP contribution in [0.3, 0.4) is 0 Å². The van der Waals surface area contributed by atoms with Gasteiger partial charge in [0, 0.05) is 32.4 Å². The molecule has 0 spiro atoms. The maximum absolute atomic E-state index is 4.69. The fourth-order valence-electron chi connectivity index (χ4n) is 2.58. The normalized spacial score (nSPS) is 17.5. The Morgan fingerprint density at radius 3 is 2.84 bits per heavy atom. The molecule has 1 aliphatic heterocycles. The van der Waals surface area contributed by atoms with E-state index >= 15 is 0 Å². The van der Waals surface area contributed by atoms with Gasteiger partial charge in [0.1, 0.15) is 5.82 Å². The first kappa shape index (κ1) is 14.3. The second-order valence-corrected chi connectivity index (χ2v) is 5.41. The second-order valence-electron chi connectivity index (χ2n) is 5.41. The zero-order valence-corrected chi connectivity index (χ0v) is 12.4. The molecule has 1 fully saturated rings. The lowest BCUT2D eigenvalue weighted by Crippen LogP contribution is -2.30. The van der Waals surface area contributed by atoms with Crippen LogP contribution in [0.1, 0.15) is 24.5 Å². The summed E-state index contributed by atoms with van der Waals surface area (Å²) in [5, 5.41) is 3.35. The first-order valence-electron chi connectivity index (χ1n) is 7.30. The molecule has 0 aliphatic carbocycles. The van der Waals surface area contributed by atoms with Gasteiger partial charge in [0.2, 0.25) is 0 Å². The van der Waals surface area contributed by atoms with Crippen molar-refractivity contribution in [2.24, 2.45) is 0 Å². The van der Waals surface area contributed by atoms with E-state index in [0.717, 1.165) is 38.5 Å². The molecule has 1 N–H and O–H groups in total. The van der Waals surface area contributed by atoms with Gasteiger partial charge in [-0.25, -0.2) is 4.98 Å². The molecule has 1 aromatic rings. The van der Waals surface area contributed by atoms with Crippen molar-refractivity contribution in [1.29, 1.82) is 0 Å². The van der Waals surface area contributed by atoms with E-state index < -0.39 is 0 Å². The molecule has 1 saturated heterocycles. The Bertz CT molecular complexity index is 405. The highest BCUT2D eigenvalue weighted by atomic mass is 15.2. The van der Waals surface area contributed by atoms with Gasteiger partial charge in [-0.2, -0.15) is 0 Å². The summed E-state index contributed by atoms with van der Waals surface area (Å²) in [6.45, 7) is 10.7. The van der Waals surface area contributed by atoms with Gasteiger partial charge in [-0.15, -0.1) is 0 Å². The minimum absolute atomic E-state index is 0.910. The predicted octanol–water partition coefficient (Wildman–Crippen LogP) is 1.64. The third-order valence-electron chi connectivity index (χ3n) is 3.71. The summed E-state index contributed by atoms with van der Waals surface area (Å²) < 4.78 is 0. The van der Waals surface area contributed by atoms with Crippen LogP contribution in [0.5, 0.6) is 0 Å². The van der Waals surface area contributed by atoms with Gasteiger partial charge in [-0.05, 0) is 50.7 Å². The van der Waals surface area contributed by atoms with Gasteiger partial charge in [0.15, 0.2) is 0 Å². The van der Waals surface area contributed by atoms with Gasteiger partial charge in [0.25, 0.3) is 0 Å². The molecule has 4 heteroatoms. The van der Waals surface area contributed by atoms with Crippen LogP contribution in [0.2, 0.25) is 0 Å². The summed E-state index contributed by atoms with van der Waals surface area (Å²) in [5.41, 5.74) is 2.56. The highest BCUT2D eigenvalue weighted by molar-refractivity contribution is 5.47. The third-order valence-corrected chi connectivity index (χ3v) is 3.71. The standard InChI is InChI=1S/C15H26N4/c1-4-16-11-14-10-13(2)15(17-12-14)19-7-5-6-18(3)8-9-19/h10,12,16H,4-9,11H2,1-3H3. The first-order valence-corrected chi connectivity index (χ1v) is 7.30. The summed E-state index contributed by atoms with van der Waals surface area (Å²) in [7, 11) is 2.20. The summed E-state index contributed by atoms with van der Waals surface area (Å²) in [4.78, 5) is 9.51. The molecule has 1 aromatic heterocycles. The van der Waals surface area contributed by atoms with Crippen LogP contribution in [-0.4, -0.2) is 49.7 Å². The fraction of sp³-hybridized carbons (Fsp3) is 0.667. The molecule has 106 valence electrons. The average Bonchev–Trinajstić information content (AvgIpc) is 2.61. The summed E-state index contributed by atoms with van der Waals surface area (Å²) in [6, 6.07) is 2.26. The van der Waals surface area contributed by atoms with Crippen molar-refractivity contribution in [3.8, 4) is 0 Å². The highest BCUT2D eigenvalue weighted by Gasteiger charge is 2.15. The van der Waals surface area contributed by atoms with E-state index in [1.54, 1.807) is 0 Å². The number of anilines is 1. The van der Waals surface area contributed by atoms with Crippen LogP contribution in [0.25, 0.3) is 0 Å². The van der Waals surface area contributed by atoms with E-state index in [-0.39, 0.29) is 0 Å². The molecule has 0 aromatic carbocycles. The molecule has 0 radical (unpaired) electrons. The molecule has 19 heavy (non-hydrogen) atoms. The maximum atomic E-state index is 4.69. The molecule has 0 unspecified atom stereocenters. The van der Waals surface area contributed by atoms with Crippen molar-refractivity contribution in [3.63, 3.8) is 0 Å². The molecule has 0 saturated carbocycles. The van der Waals surface area contributed by atoms with E-state index in [2.05, 4.69) is 47.1 Å². The number of aryl methyl sites for hydroxylation is 1. The number of likely N-dealkylation sites (N-methyl/N-ethyl adjacent to an activating group) is 1. The highest BCUT2D eigenvalue weighted by Crippen LogP contribution is 2.19. The van der Waals surface area contributed by atoms with E-state index in [1.807, 2.05) is 6.20 Å². The Balaban J connectivity index is 2.07. The zero-order valence-electron chi connectivity index (χ0n) is 12.4. The van der Waals surface area contributed by atoms with Crippen molar-refractivity contribution in [1.82, 2.24) is 15.2 Å². The SMILES string of the molecule is CCNCc1cnc(N2CCCN(C)CC2)c(C)c1. The van der Waals surface area contributed by atoms with Gasteiger partial charge >= 0.3 is 0 Å². The molecule has 2 heterocycles. The number of aromatic nitrogens is 1. The zero-order chi connectivity index (χ0) is 13.7. The lowest BCUT2D eigenvalue weighted by Gasteiger charge is -2.23. The van der Waals surface area contributed by atoms with Gasteiger partial charge < -0.3 is 15.1 Å². The monoisotopic (exact) mass is 262 g/mol. The molecule has 2 rings (SSSR count). The summed E-state index contributed by atoms with van der Waals surface area (Å²) >= 11 is 0. The lowest BCUT2D eigenvalue weighted by molar-refractivity contribution is 0.360. The number of pyridine rings is 1. The average molecular weight is 262 g/mol. The minimum atomic E-state index is 0.910. The van der Waals surface area contributed by atoms with Crippen molar-refractivity contribution >= 4 is 5.82 Å². The maximum Gasteiger partial charge on any atom is 0.131 e. The van der Waals surface area contributed by atoms with E-state index in [1.165, 1.54) is 24.1 Å². The summed E-state index contributed by atoms with van der Waals surface area (Å²) in [6.07, 6.45) is 3.23. The molecule has 0 bridgehead atoms. The van der Waals surface area contributed by atoms with Gasteiger partial charge in [-0.3, -0.25) is 0 Å². The summed E-state index contributed by atoms with van der Waals surface area (Å²) in [5.74, 6) is 1.16. The molecule has 0 amide bonds. The smallest absolute Gasteiger partial charge is 0.131 e. The number of nitrogens with one attached hydrogen (secondary N) is 1. The van der Waals surface area contributed by atoms with Crippen LogP contribution in [0, 0.1) is 6.92 Å². The van der Waals surface area contributed by atoms with Gasteiger partial charge in [0.05, 0.1) is 0 Å². The van der Waals surface area contributed by atoms with Crippen LogP contribution < -0.4 is 10.2 Å². The first-order chi connectivity index (χ1) is 9.20. The Hall–Kier alpha value is -1.13. The second kappa shape index (κ2) is 6.87. The van der Waals surface area contributed by atoms with E-state index in [9.17, 15) is 0 Å². The van der Waals surface area contributed by atoms with Crippen LogP contribution in [0.4, 0.5) is 5.82 Å². The Morgan fingerprint density at radius 1 is 1.26 bits per heavy atom. The van der Waals surface area contributed by atoms with Crippen molar-refractivity contribution in [2.75, 3.05) is 44.7 Å². The Kier molecular flexibility index (Phi) is 5.16. The molecular weight excluding hydrogens is 236 g/mol. The molecule has 0 atom stereocenters. The molecule has 4 nitrogen and oxygen atoms in total. The third kappa shape index (κ3) is 3.91. The molecular formula is C15H26N4. The number of rotatable bonds is 4. The van der Waals surface area contributed by atoms with Crippen LogP contribution in [0.15, 0.2) is 12.3 Å². The lowest BCUT2D eigenvalue weighted by atomic mass is 10.2. The number of hydrogen-bond donors (Lipinski definition) is 1. The quantitative estimate of drug-likeness (QED) is 0.894. The number of hydrogen-bond acceptors (Lipinski definition) is 4. The molecule has 1 aliphatic rings. The predicted molar refractivity (Wildman–Crippen MR) is 80.7 cm³/mol. The van der Waals surface area contributed by atoms with Crippen molar-refractivity contribution in [2.45, 2.75) is 26.8 Å². The van der Waals surface area contributed by atoms with E-state index in [0.29, 0.717) is 0 Å². The van der Waals surface area contributed by atoms with Crippen molar-refractivity contribution < 1.29 is 0 Å². The number of nitrogens with zero attached hydrogens (tertiary/aromatic N) is 3. The Morgan fingerprint density at radius 2 is 2.11 bits per heavy atom. The van der Waals surface area contributed by atoms with E-state index in [4.69, 9.17) is 0 Å². The van der Waals surface area contributed by atoms with Crippen LogP contribution >= 0.6 is 0 Å². The largest absolute Gasteiger partial charge is 0.355 e. The van der Waals surface area contributed by atoms with Gasteiger partial charge in [-0.1, -0.05) is 6.92 Å². The minimum Gasteiger partial charge on any atom is -0.355 e.